The minimum atomic E-state index is -0.786. The molecule has 3 amide bonds. The summed E-state index contributed by atoms with van der Waals surface area (Å²) >= 11 is 0. The second kappa shape index (κ2) is 7.30. The van der Waals surface area contributed by atoms with Crippen LogP contribution in [0.15, 0.2) is 30.3 Å². The van der Waals surface area contributed by atoms with Crippen molar-refractivity contribution in [1.29, 1.82) is 0 Å². The second-order valence-corrected chi connectivity index (χ2v) is 4.63. The fraction of sp³-hybridized carbons (Fsp3) is 0.357. The number of primary amides is 1. The van der Waals surface area contributed by atoms with E-state index in [9.17, 15) is 14.4 Å². The van der Waals surface area contributed by atoms with Crippen molar-refractivity contribution in [2.45, 2.75) is 6.04 Å². The van der Waals surface area contributed by atoms with Gasteiger partial charge in [-0.1, -0.05) is 18.2 Å². The summed E-state index contributed by atoms with van der Waals surface area (Å²) in [5.74, 6) is -0.466. The maximum Gasteiger partial charge on any atom is 0.410 e. The van der Waals surface area contributed by atoms with E-state index in [1.54, 1.807) is 12.1 Å². The highest BCUT2D eigenvalue weighted by Crippen LogP contribution is 2.13. The van der Waals surface area contributed by atoms with Crippen LogP contribution in [0.1, 0.15) is 0 Å². The van der Waals surface area contributed by atoms with Crippen LogP contribution in [0.4, 0.5) is 4.79 Å². The molecule has 1 aromatic carbocycles. The maximum absolute atomic E-state index is 11.9. The number of benzene rings is 1. The van der Waals surface area contributed by atoms with Crippen molar-refractivity contribution in [3.63, 3.8) is 0 Å². The molecule has 1 aromatic rings. The number of carbonyl (C=O) groups excluding carboxylic acids is 3. The number of carbonyl (C=O) groups is 3. The fourth-order valence-electron chi connectivity index (χ4n) is 1.99. The Labute approximate surface area is 127 Å². The van der Waals surface area contributed by atoms with Crippen molar-refractivity contribution >= 4 is 17.9 Å². The Morgan fingerprint density at radius 1 is 1.36 bits per heavy atom. The highest BCUT2D eigenvalue weighted by Gasteiger charge is 2.37. The van der Waals surface area contributed by atoms with Crippen LogP contribution in [0.3, 0.4) is 0 Å². The standard InChI is InChI=1S/C14H17N3O5/c15-12(18)8-16-13(19)11-9-22-14(20)17(11)6-7-21-10-4-2-1-3-5-10/h1-5,11H,6-9H2,(H2,15,18)(H,16,19)/t11-/m0/s1. The van der Waals surface area contributed by atoms with Gasteiger partial charge in [0, 0.05) is 0 Å². The Balaban J connectivity index is 1.85. The fourth-order valence-corrected chi connectivity index (χ4v) is 1.99. The van der Waals surface area contributed by atoms with Crippen LogP contribution < -0.4 is 15.8 Å². The zero-order valence-electron chi connectivity index (χ0n) is 11.9. The summed E-state index contributed by atoms with van der Waals surface area (Å²) < 4.78 is 10.4. The Hall–Kier alpha value is -2.77. The number of amides is 3. The molecule has 2 rings (SSSR count). The van der Waals surface area contributed by atoms with Crippen LogP contribution in [0, 0.1) is 0 Å². The molecule has 1 atom stereocenters. The summed E-state index contributed by atoms with van der Waals surface area (Å²) in [6.45, 7) is 0.0771. The van der Waals surface area contributed by atoms with Gasteiger partial charge in [0.25, 0.3) is 0 Å². The first-order chi connectivity index (χ1) is 10.6. The van der Waals surface area contributed by atoms with Gasteiger partial charge in [-0.05, 0) is 12.1 Å². The average molecular weight is 307 g/mol. The topological polar surface area (TPSA) is 111 Å². The molecule has 0 saturated carbocycles. The molecule has 1 fully saturated rings. The van der Waals surface area contributed by atoms with Crippen molar-refractivity contribution in [1.82, 2.24) is 10.2 Å². The predicted molar refractivity (Wildman–Crippen MR) is 76.0 cm³/mol. The molecule has 8 nitrogen and oxygen atoms in total. The van der Waals surface area contributed by atoms with E-state index in [0.717, 1.165) is 0 Å². The Bertz CT molecular complexity index is 549. The molecule has 1 heterocycles. The molecule has 1 aliphatic heterocycles. The monoisotopic (exact) mass is 307 g/mol. The lowest BCUT2D eigenvalue weighted by Gasteiger charge is -2.20. The van der Waals surface area contributed by atoms with Crippen LogP contribution in [-0.4, -0.2) is 55.2 Å². The van der Waals surface area contributed by atoms with Gasteiger partial charge < -0.3 is 20.5 Å². The Kier molecular flexibility index (Phi) is 5.18. The van der Waals surface area contributed by atoms with Crippen molar-refractivity contribution in [3.05, 3.63) is 30.3 Å². The van der Waals surface area contributed by atoms with Gasteiger partial charge in [0.05, 0.1) is 13.1 Å². The van der Waals surface area contributed by atoms with Crippen molar-refractivity contribution in [2.24, 2.45) is 5.73 Å². The first-order valence-electron chi connectivity index (χ1n) is 6.75. The number of rotatable bonds is 7. The van der Waals surface area contributed by atoms with E-state index in [1.165, 1.54) is 4.90 Å². The lowest BCUT2D eigenvalue weighted by molar-refractivity contribution is -0.127. The van der Waals surface area contributed by atoms with Gasteiger partial charge in [-0.3, -0.25) is 14.5 Å². The normalized spacial score (nSPS) is 17.0. The van der Waals surface area contributed by atoms with Crippen LogP contribution >= 0.6 is 0 Å². The third-order valence-electron chi connectivity index (χ3n) is 3.06. The van der Waals surface area contributed by atoms with E-state index in [1.807, 2.05) is 18.2 Å². The average Bonchev–Trinajstić information content (AvgIpc) is 2.87. The van der Waals surface area contributed by atoms with Crippen molar-refractivity contribution < 1.29 is 23.9 Å². The molecular formula is C14H17N3O5. The summed E-state index contributed by atoms with van der Waals surface area (Å²) in [7, 11) is 0. The molecule has 0 aromatic heterocycles. The minimum Gasteiger partial charge on any atom is -0.492 e. The van der Waals surface area contributed by atoms with Gasteiger partial charge in [-0.25, -0.2) is 4.79 Å². The Morgan fingerprint density at radius 3 is 2.77 bits per heavy atom. The predicted octanol–water partition coefficient (Wildman–Crippen LogP) is -0.512. The van der Waals surface area contributed by atoms with E-state index >= 15 is 0 Å². The van der Waals surface area contributed by atoms with Gasteiger partial charge in [0.2, 0.25) is 11.8 Å². The number of para-hydroxylation sites is 1. The zero-order chi connectivity index (χ0) is 15.9. The van der Waals surface area contributed by atoms with Gasteiger partial charge in [0.1, 0.15) is 25.0 Å². The molecule has 8 heteroatoms. The molecule has 0 bridgehead atoms. The molecule has 1 saturated heterocycles. The highest BCUT2D eigenvalue weighted by atomic mass is 16.6. The zero-order valence-corrected chi connectivity index (χ0v) is 11.9. The molecule has 0 spiro atoms. The van der Waals surface area contributed by atoms with Gasteiger partial charge >= 0.3 is 6.09 Å². The van der Waals surface area contributed by atoms with Crippen LogP contribution in [0.25, 0.3) is 0 Å². The van der Waals surface area contributed by atoms with Crippen LogP contribution in [0.2, 0.25) is 0 Å². The van der Waals surface area contributed by atoms with Crippen LogP contribution in [0.5, 0.6) is 5.75 Å². The van der Waals surface area contributed by atoms with Crippen molar-refractivity contribution in [2.75, 3.05) is 26.3 Å². The molecule has 22 heavy (non-hydrogen) atoms. The third kappa shape index (κ3) is 4.11. The number of nitrogens with zero attached hydrogens (tertiary/aromatic N) is 1. The van der Waals surface area contributed by atoms with Gasteiger partial charge in [-0.2, -0.15) is 0 Å². The Morgan fingerprint density at radius 2 is 2.09 bits per heavy atom. The molecule has 118 valence electrons. The first kappa shape index (κ1) is 15.6. The SMILES string of the molecule is NC(=O)CNC(=O)[C@@H]1COC(=O)N1CCOc1ccccc1. The lowest BCUT2D eigenvalue weighted by Crippen LogP contribution is -2.48. The maximum atomic E-state index is 11.9. The number of nitrogens with one attached hydrogen (secondary N) is 1. The van der Waals surface area contributed by atoms with Gasteiger partial charge in [0.15, 0.2) is 0 Å². The number of hydrogen-bond acceptors (Lipinski definition) is 5. The molecule has 1 aliphatic rings. The summed E-state index contributed by atoms with van der Waals surface area (Å²) in [6, 6.07) is 8.33. The minimum absolute atomic E-state index is 0.0607. The van der Waals surface area contributed by atoms with E-state index in [-0.39, 0.29) is 26.3 Å². The number of ether oxygens (including phenoxy) is 2. The van der Waals surface area contributed by atoms with E-state index in [0.29, 0.717) is 5.75 Å². The quantitative estimate of drug-likeness (QED) is 0.704. The van der Waals surface area contributed by atoms with E-state index in [2.05, 4.69) is 5.32 Å². The number of nitrogens with two attached hydrogens (primary N) is 1. The van der Waals surface area contributed by atoms with Gasteiger partial charge in [-0.15, -0.1) is 0 Å². The van der Waals surface area contributed by atoms with Crippen molar-refractivity contribution in [3.8, 4) is 5.75 Å². The number of hydrogen-bond donors (Lipinski definition) is 2. The smallest absolute Gasteiger partial charge is 0.410 e. The summed E-state index contributed by atoms with van der Waals surface area (Å²) in [5, 5.41) is 2.35. The van der Waals surface area contributed by atoms with E-state index < -0.39 is 23.9 Å². The summed E-state index contributed by atoms with van der Waals surface area (Å²) in [6.07, 6.45) is -0.587. The summed E-state index contributed by atoms with van der Waals surface area (Å²) in [5.41, 5.74) is 4.96. The molecule has 0 radical (unpaired) electrons. The molecule has 3 N–H and O–H groups in total. The largest absolute Gasteiger partial charge is 0.492 e. The first-order valence-corrected chi connectivity index (χ1v) is 6.75. The number of cyclic esters (lactones) is 1. The molecule has 0 aliphatic carbocycles. The molecule has 0 unspecified atom stereocenters. The third-order valence-corrected chi connectivity index (χ3v) is 3.06. The van der Waals surface area contributed by atoms with Crippen LogP contribution in [-0.2, 0) is 14.3 Å². The highest BCUT2D eigenvalue weighted by molar-refractivity contribution is 5.90. The second-order valence-electron chi connectivity index (χ2n) is 4.63. The molecular weight excluding hydrogens is 290 g/mol. The van der Waals surface area contributed by atoms with E-state index in [4.69, 9.17) is 15.2 Å². The lowest BCUT2D eigenvalue weighted by atomic mass is 10.2. The summed E-state index contributed by atoms with van der Waals surface area (Å²) in [4.78, 5) is 35.5.